The Labute approximate surface area is 184 Å². The van der Waals surface area contributed by atoms with Crippen molar-refractivity contribution in [3.05, 3.63) is 72.0 Å². The largest absolute Gasteiger partial charge is 0.462 e. The van der Waals surface area contributed by atoms with Gasteiger partial charge in [0.1, 0.15) is 9.71 Å². The van der Waals surface area contributed by atoms with E-state index in [1.54, 1.807) is 18.4 Å². The monoisotopic (exact) mass is 440 g/mol. The van der Waals surface area contributed by atoms with Crippen molar-refractivity contribution in [3.63, 3.8) is 0 Å². The minimum absolute atomic E-state index is 0.187. The fourth-order valence-electron chi connectivity index (χ4n) is 3.42. The van der Waals surface area contributed by atoms with Gasteiger partial charge < -0.3 is 4.74 Å². The Morgan fingerprint density at radius 3 is 2.55 bits per heavy atom. The summed E-state index contributed by atoms with van der Waals surface area (Å²) in [5, 5.41) is 0.396. The van der Waals surface area contributed by atoms with Crippen molar-refractivity contribution in [1.29, 1.82) is 0 Å². The molecule has 0 bridgehead atoms. The minimum atomic E-state index is -0.474. The lowest BCUT2D eigenvalue weighted by molar-refractivity contribution is 0.0531. The number of ether oxygens (including phenoxy) is 1. The van der Waals surface area contributed by atoms with E-state index < -0.39 is 11.5 Å². The predicted octanol–water partition coefficient (Wildman–Crippen LogP) is 3.70. The van der Waals surface area contributed by atoms with E-state index in [0.29, 0.717) is 46.6 Å². The summed E-state index contributed by atoms with van der Waals surface area (Å²) in [6, 6.07) is 12.7. The van der Waals surface area contributed by atoms with E-state index in [9.17, 15) is 14.4 Å². The second kappa shape index (κ2) is 10.2. The van der Waals surface area contributed by atoms with Crippen molar-refractivity contribution in [2.45, 2.75) is 46.7 Å². The number of aryl methyl sites for hydroxylation is 3. The van der Waals surface area contributed by atoms with Crippen molar-refractivity contribution < 1.29 is 9.53 Å². The number of thiophene rings is 1. The van der Waals surface area contributed by atoms with Crippen LogP contribution in [0.15, 0.2) is 39.9 Å². The molecule has 3 aromatic rings. The van der Waals surface area contributed by atoms with Crippen LogP contribution in [-0.4, -0.2) is 28.3 Å². The van der Waals surface area contributed by atoms with Crippen LogP contribution in [0.5, 0.6) is 0 Å². The lowest BCUT2D eigenvalue weighted by atomic mass is 10.1. The first-order valence-electron chi connectivity index (χ1n) is 10.4. The molecule has 0 amide bonds. The summed E-state index contributed by atoms with van der Waals surface area (Å²) in [5.74, 6) is -0.474. The fraction of sp³-hybridized carbons (Fsp3) is 0.391. The van der Waals surface area contributed by atoms with Gasteiger partial charge in [0.25, 0.3) is 18.2 Å². The van der Waals surface area contributed by atoms with Gasteiger partial charge in [-0.15, -0.1) is 11.3 Å². The van der Waals surface area contributed by atoms with Gasteiger partial charge >= 0.3 is 11.7 Å². The van der Waals surface area contributed by atoms with Crippen LogP contribution in [0.3, 0.4) is 0 Å². The smallest absolute Gasteiger partial charge is 0.348 e. The van der Waals surface area contributed by atoms with E-state index in [4.69, 9.17) is 4.74 Å². The Balaban J connectivity index is 2.15. The zero-order valence-electron chi connectivity index (χ0n) is 18.0. The van der Waals surface area contributed by atoms with E-state index in [1.807, 2.05) is 37.3 Å². The van der Waals surface area contributed by atoms with Crippen LogP contribution >= 0.6 is 11.3 Å². The first-order chi connectivity index (χ1) is 15.0. The van der Waals surface area contributed by atoms with Gasteiger partial charge in [-0.25, -0.2) is 9.59 Å². The average molecular weight is 441 g/mol. The van der Waals surface area contributed by atoms with Crippen molar-refractivity contribution in [2.75, 3.05) is 13.2 Å². The van der Waals surface area contributed by atoms with Crippen LogP contribution in [0.4, 0.5) is 0 Å². The molecule has 0 N–H and O–H groups in total. The number of carbonyl (C=O) groups is 1. The topological polar surface area (TPSA) is 74.7 Å². The summed E-state index contributed by atoms with van der Waals surface area (Å²) in [6.45, 7) is 6.78. The van der Waals surface area contributed by atoms with Crippen molar-refractivity contribution >= 4 is 27.5 Å². The normalized spacial score (nSPS) is 10.7. The Hall–Kier alpha value is -3.18. The predicted molar refractivity (Wildman–Crippen MR) is 124 cm³/mol. The molecule has 0 fully saturated rings. The van der Waals surface area contributed by atoms with Crippen LogP contribution in [0.2, 0.25) is 0 Å². The molecule has 162 valence electrons. The van der Waals surface area contributed by atoms with Gasteiger partial charge in [-0.05, 0) is 31.4 Å². The number of hydrogen-bond acceptors (Lipinski definition) is 5. The SMILES string of the molecule is CC[N+]#CCCn1c(=O)c2c(C)c(C(=O)OCC)sc2n(CCc2ccccc2)c1=O. The first-order valence-corrected chi connectivity index (χ1v) is 11.2. The van der Waals surface area contributed by atoms with Crippen molar-refractivity contribution in [2.24, 2.45) is 0 Å². The Kier molecular flexibility index (Phi) is 7.42. The summed E-state index contributed by atoms with van der Waals surface area (Å²) < 4.78 is 7.97. The Morgan fingerprint density at radius 2 is 1.87 bits per heavy atom. The molecule has 0 radical (unpaired) electrons. The summed E-state index contributed by atoms with van der Waals surface area (Å²) in [7, 11) is 0. The molecule has 8 heteroatoms. The zero-order chi connectivity index (χ0) is 22.4. The highest BCUT2D eigenvalue weighted by Gasteiger charge is 2.23. The van der Waals surface area contributed by atoms with Gasteiger partial charge in [0.05, 0.1) is 18.4 Å². The second-order valence-electron chi connectivity index (χ2n) is 6.97. The highest BCUT2D eigenvalue weighted by atomic mass is 32.1. The molecule has 0 spiro atoms. The molecule has 1 aromatic carbocycles. The maximum Gasteiger partial charge on any atom is 0.348 e. The van der Waals surface area contributed by atoms with Gasteiger partial charge in [0.2, 0.25) is 0 Å². The third kappa shape index (κ3) is 4.78. The van der Waals surface area contributed by atoms with E-state index in [1.165, 1.54) is 4.57 Å². The van der Waals surface area contributed by atoms with Crippen LogP contribution in [0.1, 0.15) is 41.1 Å². The van der Waals surface area contributed by atoms with Gasteiger partial charge in [-0.1, -0.05) is 35.2 Å². The number of rotatable bonds is 7. The molecule has 0 atom stereocenters. The molecule has 0 saturated carbocycles. The number of benzene rings is 1. The lowest BCUT2D eigenvalue weighted by Gasteiger charge is -2.11. The molecule has 0 unspecified atom stereocenters. The van der Waals surface area contributed by atoms with Crippen LogP contribution in [0, 0.1) is 13.0 Å². The Morgan fingerprint density at radius 1 is 1.13 bits per heavy atom. The van der Waals surface area contributed by atoms with E-state index >= 15 is 0 Å². The molecule has 2 heterocycles. The van der Waals surface area contributed by atoms with Gasteiger partial charge in [0, 0.05) is 20.0 Å². The van der Waals surface area contributed by atoms with Crippen LogP contribution < -0.4 is 11.2 Å². The molecular weight excluding hydrogens is 414 g/mol. The molecule has 0 aliphatic carbocycles. The molecular formula is C23H26N3O4S+. The maximum absolute atomic E-state index is 13.3. The third-order valence-electron chi connectivity index (χ3n) is 4.94. The Bertz CT molecular complexity index is 1260. The van der Waals surface area contributed by atoms with Gasteiger partial charge in [0.15, 0.2) is 0 Å². The van der Waals surface area contributed by atoms with E-state index in [2.05, 4.69) is 10.9 Å². The summed E-state index contributed by atoms with van der Waals surface area (Å²) in [6.07, 6.45) is 0.990. The minimum Gasteiger partial charge on any atom is -0.462 e. The molecule has 3 rings (SSSR count). The standard InChI is InChI=1S/C23H26N3O4S/c1-4-24-13-9-14-25-20(27)18-16(3)19(22(28)30-5-2)31-21(18)26(23(25)29)15-12-17-10-7-6-8-11-17/h6-8,10-11H,4-5,9,12,14-15H2,1-3H3/q+1. The van der Waals surface area contributed by atoms with Crippen LogP contribution in [0.25, 0.3) is 15.1 Å². The fourth-order valence-corrected chi connectivity index (χ4v) is 4.63. The van der Waals surface area contributed by atoms with Gasteiger partial charge in [-0.3, -0.25) is 13.9 Å². The molecule has 7 nitrogen and oxygen atoms in total. The molecule has 0 aliphatic heterocycles. The number of nitrogens with zero attached hydrogens (tertiary/aromatic N) is 3. The maximum atomic E-state index is 13.3. The van der Waals surface area contributed by atoms with Crippen molar-refractivity contribution in [3.8, 4) is 6.07 Å². The summed E-state index contributed by atoms with van der Waals surface area (Å²) >= 11 is 1.14. The zero-order valence-corrected chi connectivity index (χ0v) is 18.8. The first kappa shape index (κ1) is 22.5. The number of hydrogen-bond donors (Lipinski definition) is 0. The highest BCUT2D eigenvalue weighted by molar-refractivity contribution is 7.20. The van der Waals surface area contributed by atoms with Crippen LogP contribution in [-0.2, 0) is 24.2 Å². The average Bonchev–Trinajstić information content (AvgIpc) is 3.11. The second-order valence-corrected chi connectivity index (χ2v) is 7.96. The van der Waals surface area contributed by atoms with E-state index in [0.717, 1.165) is 16.9 Å². The molecule has 31 heavy (non-hydrogen) atoms. The number of aromatic nitrogens is 2. The van der Waals surface area contributed by atoms with Crippen molar-refractivity contribution in [1.82, 2.24) is 9.13 Å². The summed E-state index contributed by atoms with van der Waals surface area (Å²) in [4.78, 5) is 43.8. The number of fused-ring (bicyclic) bond motifs is 1. The van der Waals surface area contributed by atoms with E-state index in [-0.39, 0.29) is 18.8 Å². The third-order valence-corrected chi connectivity index (χ3v) is 6.23. The molecule has 2 aromatic heterocycles. The number of carbonyl (C=O) groups excluding carboxylic acids is 1. The lowest BCUT2D eigenvalue weighted by Crippen LogP contribution is -2.40. The number of esters is 1. The molecule has 0 aliphatic rings. The van der Waals surface area contributed by atoms with Gasteiger partial charge in [-0.2, -0.15) is 0 Å². The highest BCUT2D eigenvalue weighted by Crippen LogP contribution is 2.28. The molecule has 0 saturated heterocycles. The summed E-state index contributed by atoms with van der Waals surface area (Å²) in [5.41, 5.74) is 0.862. The quantitative estimate of drug-likeness (QED) is 0.525.